The maximum Gasteiger partial charge on any atom is 0.236 e. The van der Waals surface area contributed by atoms with Crippen LogP contribution in [0.1, 0.15) is 26.7 Å². The Hall–Kier alpha value is -1.14. The highest BCUT2D eigenvalue weighted by atomic mass is 16.5. The van der Waals surface area contributed by atoms with Gasteiger partial charge in [0, 0.05) is 45.7 Å². The van der Waals surface area contributed by atoms with E-state index in [2.05, 4.69) is 18.7 Å². The van der Waals surface area contributed by atoms with Crippen LogP contribution in [0.2, 0.25) is 0 Å². The van der Waals surface area contributed by atoms with Gasteiger partial charge < -0.3 is 14.5 Å². The molecule has 2 amide bonds. The molecule has 2 fully saturated rings. The fraction of sp³-hybridized carbons (Fsp3) is 0.875. The Morgan fingerprint density at radius 2 is 1.45 bits per heavy atom. The van der Waals surface area contributed by atoms with E-state index in [0.717, 1.165) is 19.5 Å². The van der Waals surface area contributed by atoms with Gasteiger partial charge in [-0.2, -0.15) is 0 Å². The van der Waals surface area contributed by atoms with Crippen LogP contribution in [0.5, 0.6) is 0 Å². The smallest absolute Gasteiger partial charge is 0.236 e. The standard InChI is InChI=1S/C16H29N3O3/c1-14(2)3-4-15(20)18-5-7-19(8-6-18)16(21)13-17-9-11-22-12-10-17/h14H,3-13H2,1-2H3. The SMILES string of the molecule is CC(C)CCC(=O)N1CCN(C(=O)CN2CCOCC2)CC1. The first-order chi connectivity index (χ1) is 10.6. The van der Waals surface area contributed by atoms with Crippen molar-refractivity contribution in [3.8, 4) is 0 Å². The van der Waals surface area contributed by atoms with Crippen LogP contribution in [0.25, 0.3) is 0 Å². The average molecular weight is 311 g/mol. The second-order valence-corrected chi connectivity index (χ2v) is 6.58. The number of amides is 2. The summed E-state index contributed by atoms with van der Waals surface area (Å²) < 4.78 is 5.30. The minimum absolute atomic E-state index is 0.177. The van der Waals surface area contributed by atoms with Gasteiger partial charge in [0.25, 0.3) is 0 Å². The van der Waals surface area contributed by atoms with Crippen LogP contribution in [-0.4, -0.2) is 85.5 Å². The number of carbonyl (C=O) groups is 2. The van der Waals surface area contributed by atoms with Crippen LogP contribution in [0.3, 0.4) is 0 Å². The van der Waals surface area contributed by atoms with Crippen molar-refractivity contribution in [2.75, 3.05) is 59.0 Å². The van der Waals surface area contributed by atoms with Crippen molar-refractivity contribution < 1.29 is 14.3 Å². The molecule has 0 bridgehead atoms. The largest absolute Gasteiger partial charge is 0.379 e. The molecule has 0 aromatic rings. The fourth-order valence-corrected chi connectivity index (χ4v) is 2.83. The minimum Gasteiger partial charge on any atom is -0.379 e. The van der Waals surface area contributed by atoms with Crippen molar-refractivity contribution in [1.29, 1.82) is 0 Å². The summed E-state index contributed by atoms with van der Waals surface area (Å²) in [6.45, 7) is 10.5. The first-order valence-corrected chi connectivity index (χ1v) is 8.42. The van der Waals surface area contributed by atoms with Gasteiger partial charge in [-0.1, -0.05) is 13.8 Å². The predicted octanol–water partition coefficient (Wildman–Crippen LogP) is 0.426. The van der Waals surface area contributed by atoms with E-state index in [4.69, 9.17) is 4.74 Å². The van der Waals surface area contributed by atoms with Crippen LogP contribution in [-0.2, 0) is 14.3 Å². The van der Waals surface area contributed by atoms with Gasteiger partial charge in [0.15, 0.2) is 0 Å². The summed E-state index contributed by atoms with van der Waals surface area (Å²) in [7, 11) is 0. The van der Waals surface area contributed by atoms with Crippen LogP contribution in [0.15, 0.2) is 0 Å². The van der Waals surface area contributed by atoms with Gasteiger partial charge in [0.2, 0.25) is 11.8 Å². The summed E-state index contributed by atoms with van der Waals surface area (Å²) in [5.41, 5.74) is 0. The van der Waals surface area contributed by atoms with Crippen molar-refractivity contribution in [2.24, 2.45) is 5.92 Å². The van der Waals surface area contributed by atoms with Gasteiger partial charge >= 0.3 is 0 Å². The van der Waals surface area contributed by atoms with Gasteiger partial charge in [-0.25, -0.2) is 0 Å². The minimum atomic E-state index is 0.177. The molecule has 0 radical (unpaired) electrons. The molecule has 0 aromatic heterocycles. The third-order valence-corrected chi connectivity index (χ3v) is 4.38. The zero-order chi connectivity index (χ0) is 15.9. The molecule has 126 valence electrons. The molecule has 0 saturated carbocycles. The number of ether oxygens (including phenoxy) is 1. The maximum absolute atomic E-state index is 12.3. The first kappa shape index (κ1) is 17.2. The highest BCUT2D eigenvalue weighted by Crippen LogP contribution is 2.10. The van der Waals surface area contributed by atoms with Gasteiger partial charge in [-0.15, -0.1) is 0 Å². The number of rotatable bonds is 5. The van der Waals surface area contributed by atoms with E-state index in [9.17, 15) is 9.59 Å². The van der Waals surface area contributed by atoms with E-state index in [0.29, 0.717) is 58.3 Å². The van der Waals surface area contributed by atoms with Crippen molar-refractivity contribution in [3.05, 3.63) is 0 Å². The van der Waals surface area contributed by atoms with E-state index in [1.165, 1.54) is 0 Å². The number of morpholine rings is 1. The zero-order valence-corrected chi connectivity index (χ0v) is 13.9. The monoisotopic (exact) mass is 311 g/mol. The van der Waals surface area contributed by atoms with Crippen molar-refractivity contribution in [2.45, 2.75) is 26.7 Å². The summed E-state index contributed by atoms with van der Waals surface area (Å²) in [4.78, 5) is 30.3. The Balaban J connectivity index is 1.69. The van der Waals surface area contributed by atoms with Gasteiger partial charge in [-0.05, 0) is 12.3 Å². The maximum atomic E-state index is 12.3. The van der Waals surface area contributed by atoms with Crippen molar-refractivity contribution in [1.82, 2.24) is 14.7 Å². The van der Waals surface area contributed by atoms with Gasteiger partial charge in [0.1, 0.15) is 0 Å². The lowest BCUT2D eigenvalue weighted by Crippen LogP contribution is -2.53. The molecule has 2 rings (SSSR count). The summed E-state index contributed by atoms with van der Waals surface area (Å²) >= 11 is 0. The molecule has 6 nitrogen and oxygen atoms in total. The Kier molecular flexibility index (Phi) is 6.64. The van der Waals surface area contributed by atoms with E-state index in [1.54, 1.807) is 0 Å². The topological polar surface area (TPSA) is 53.1 Å². The number of hydrogen-bond acceptors (Lipinski definition) is 4. The Labute approximate surface area is 133 Å². The molecule has 2 aliphatic rings. The molecular formula is C16H29N3O3. The predicted molar refractivity (Wildman–Crippen MR) is 84.5 cm³/mol. The number of nitrogens with zero attached hydrogens (tertiary/aromatic N) is 3. The molecular weight excluding hydrogens is 282 g/mol. The average Bonchev–Trinajstić information content (AvgIpc) is 2.53. The summed E-state index contributed by atoms with van der Waals surface area (Å²) in [5, 5.41) is 0. The Morgan fingerprint density at radius 1 is 0.909 bits per heavy atom. The Morgan fingerprint density at radius 3 is 2.00 bits per heavy atom. The molecule has 0 spiro atoms. The number of carbonyl (C=O) groups excluding carboxylic acids is 2. The van der Waals surface area contributed by atoms with Gasteiger partial charge in [-0.3, -0.25) is 14.5 Å². The van der Waals surface area contributed by atoms with Gasteiger partial charge in [0.05, 0.1) is 19.8 Å². The third kappa shape index (κ3) is 5.25. The lowest BCUT2D eigenvalue weighted by molar-refractivity contribution is -0.140. The molecule has 0 aromatic carbocycles. The number of piperazine rings is 1. The first-order valence-electron chi connectivity index (χ1n) is 8.42. The lowest BCUT2D eigenvalue weighted by Gasteiger charge is -2.36. The quantitative estimate of drug-likeness (QED) is 0.739. The molecule has 0 atom stereocenters. The molecule has 22 heavy (non-hydrogen) atoms. The van der Waals surface area contributed by atoms with Crippen LogP contribution < -0.4 is 0 Å². The molecule has 0 N–H and O–H groups in total. The van der Waals surface area contributed by atoms with Crippen LogP contribution in [0, 0.1) is 5.92 Å². The number of hydrogen-bond donors (Lipinski definition) is 0. The fourth-order valence-electron chi connectivity index (χ4n) is 2.83. The summed E-state index contributed by atoms with van der Waals surface area (Å²) in [5.74, 6) is 0.963. The highest BCUT2D eigenvalue weighted by Gasteiger charge is 2.25. The molecule has 2 heterocycles. The van der Waals surface area contributed by atoms with Crippen LogP contribution >= 0.6 is 0 Å². The Bertz CT molecular complexity index is 373. The van der Waals surface area contributed by atoms with E-state index in [-0.39, 0.29) is 11.8 Å². The lowest BCUT2D eigenvalue weighted by atomic mass is 10.1. The summed E-state index contributed by atoms with van der Waals surface area (Å²) in [6.07, 6.45) is 1.56. The van der Waals surface area contributed by atoms with Crippen molar-refractivity contribution >= 4 is 11.8 Å². The van der Waals surface area contributed by atoms with E-state index < -0.39 is 0 Å². The third-order valence-electron chi connectivity index (χ3n) is 4.38. The summed E-state index contributed by atoms with van der Waals surface area (Å²) in [6, 6.07) is 0. The molecule has 6 heteroatoms. The zero-order valence-electron chi connectivity index (χ0n) is 13.9. The normalized spacial score (nSPS) is 20.5. The molecule has 2 aliphatic heterocycles. The van der Waals surface area contributed by atoms with Crippen LogP contribution in [0.4, 0.5) is 0 Å². The van der Waals surface area contributed by atoms with E-state index in [1.807, 2.05) is 9.80 Å². The highest BCUT2D eigenvalue weighted by molar-refractivity contribution is 5.79. The molecule has 0 unspecified atom stereocenters. The van der Waals surface area contributed by atoms with E-state index >= 15 is 0 Å². The second-order valence-electron chi connectivity index (χ2n) is 6.58. The second kappa shape index (κ2) is 8.48. The molecule has 0 aliphatic carbocycles. The van der Waals surface area contributed by atoms with Crippen molar-refractivity contribution in [3.63, 3.8) is 0 Å². The molecule has 2 saturated heterocycles.